The van der Waals surface area contributed by atoms with Crippen LogP contribution in [0.3, 0.4) is 0 Å². The van der Waals surface area contributed by atoms with Crippen LogP contribution in [0.15, 0.2) is 76.3 Å². The van der Waals surface area contributed by atoms with Gasteiger partial charge in [0.25, 0.3) is 0 Å². The third-order valence-corrected chi connectivity index (χ3v) is 8.29. The Morgan fingerprint density at radius 3 is 1.84 bits per heavy atom. The molecule has 0 saturated carbocycles. The van der Waals surface area contributed by atoms with Crippen LogP contribution in [0.1, 0.15) is 37.5 Å². The fourth-order valence-corrected chi connectivity index (χ4v) is 6.75. The van der Waals surface area contributed by atoms with Crippen molar-refractivity contribution in [2.24, 2.45) is 0 Å². The van der Waals surface area contributed by atoms with Gasteiger partial charge >= 0.3 is 191 Å². The second-order valence-corrected chi connectivity index (χ2v) is 10.6. The molecule has 0 unspecified atom stereocenters. The van der Waals surface area contributed by atoms with Crippen molar-refractivity contribution in [2.45, 2.75) is 40.2 Å². The number of nitrogens with zero attached hydrogens (tertiary/aromatic N) is 1. The second kappa shape index (κ2) is 8.11. The molecule has 31 heavy (non-hydrogen) atoms. The van der Waals surface area contributed by atoms with Crippen LogP contribution in [0.5, 0.6) is 0 Å². The first kappa shape index (κ1) is 21.5. The van der Waals surface area contributed by atoms with E-state index in [2.05, 4.69) is 62.4 Å². The third kappa shape index (κ3) is 3.64. The fraction of sp³-hybridized carbons (Fsp3) is 0.259. The number of ketones is 1. The summed E-state index contributed by atoms with van der Waals surface area (Å²) in [5.41, 5.74) is 5.12. The van der Waals surface area contributed by atoms with Crippen molar-refractivity contribution >= 4 is 36.7 Å². The van der Waals surface area contributed by atoms with E-state index < -0.39 is 5.54 Å². The number of aryl methyl sites for hydroxylation is 2. The Hall–Kier alpha value is -2.68. The summed E-state index contributed by atoms with van der Waals surface area (Å²) >= 11 is -0.146. The summed E-state index contributed by atoms with van der Waals surface area (Å²) in [4.78, 5) is 28.3. The van der Waals surface area contributed by atoms with Crippen molar-refractivity contribution in [3.05, 3.63) is 93.0 Å². The zero-order valence-electron chi connectivity index (χ0n) is 18.7. The molecule has 0 fully saturated rings. The van der Waals surface area contributed by atoms with Gasteiger partial charge in [-0.25, -0.2) is 0 Å². The Kier molecular flexibility index (Phi) is 5.63. The van der Waals surface area contributed by atoms with Gasteiger partial charge in [-0.3, -0.25) is 0 Å². The maximum atomic E-state index is 13.8. The number of carbonyl (C=O) groups excluding carboxylic acids is 2. The average molecular weight is 476 g/mol. The molecule has 0 atom stereocenters. The van der Waals surface area contributed by atoms with Crippen LogP contribution in [-0.2, 0) is 9.59 Å². The molecule has 2 aromatic rings. The first-order valence-electron chi connectivity index (χ1n) is 10.6. The van der Waals surface area contributed by atoms with Gasteiger partial charge in [-0.2, -0.15) is 0 Å². The summed E-state index contributed by atoms with van der Waals surface area (Å²) in [5, 5.41) is 0. The molecule has 0 aromatic heterocycles. The quantitative estimate of drug-likeness (QED) is 0.623. The molecule has 1 aliphatic carbocycles. The number of carbonyl (C=O) groups is 2. The number of likely N-dealkylation sites (N-methyl/N-ethyl adjacent to an activating group) is 1. The van der Waals surface area contributed by atoms with E-state index in [-0.39, 0.29) is 26.6 Å². The second-order valence-electron chi connectivity index (χ2n) is 8.34. The third-order valence-electron chi connectivity index (χ3n) is 6.00. The van der Waals surface area contributed by atoms with Crippen molar-refractivity contribution < 1.29 is 9.59 Å². The Labute approximate surface area is 190 Å². The molecule has 2 aliphatic rings. The molecule has 1 spiro atoms. The van der Waals surface area contributed by atoms with Crippen LogP contribution in [0.2, 0.25) is 0 Å². The summed E-state index contributed by atoms with van der Waals surface area (Å²) < 4.78 is 2.04. The van der Waals surface area contributed by atoms with Crippen LogP contribution >= 0.6 is 0 Å². The van der Waals surface area contributed by atoms with Crippen LogP contribution in [0.4, 0.5) is 0 Å². The number of allylic oxidation sites excluding steroid dienone is 2. The molecule has 158 valence electrons. The predicted octanol–water partition coefficient (Wildman–Crippen LogP) is 4.12. The summed E-state index contributed by atoms with van der Waals surface area (Å²) in [6.07, 6.45) is 3.99. The van der Waals surface area contributed by atoms with Crippen LogP contribution in [-0.4, -0.2) is 43.6 Å². The van der Waals surface area contributed by atoms with Crippen molar-refractivity contribution in [3.63, 3.8) is 0 Å². The molecule has 0 bridgehead atoms. The van der Waals surface area contributed by atoms with Gasteiger partial charge in [0.1, 0.15) is 0 Å². The van der Waals surface area contributed by atoms with E-state index >= 15 is 0 Å². The first-order valence-corrected chi connectivity index (χ1v) is 12.3. The Morgan fingerprint density at radius 2 is 1.32 bits per heavy atom. The van der Waals surface area contributed by atoms with Gasteiger partial charge in [-0.15, -0.1) is 0 Å². The molecule has 4 heteroatoms. The Bertz CT molecular complexity index is 1130. The van der Waals surface area contributed by atoms with Gasteiger partial charge in [0.05, 0.1) is 0 Å². The van der Waals surface area contributed by atoms with E-state index in [9.17, 15) is 9.59 Å². The van der Waals surface area contributed by atoms with Crippen molar-refractivity contribution in [3.8, 4) is 0 Å². The topological polar surface area (TPSA) is 37.4 Å². The van der Waals surface area contributed by atoms with E-state index in [4.69, 9.17) is 0 Å². The van der Waals surface area contributed by atoms with E-state index in [0.29, 0.717) is 17.7 Å². The minimum atomic E-state index is -0.717. The molecule has 1 aliphatic heterocycles. The fourth-order valence-electron chi connectivity index (χ4n) is 4.47. The molecule has 1 heterocycles. The minimum absolute atomic E-state index is 0.0508. The summed E-state index contributed by atoms with van der Waals surface area (Å²) in [5.74, 6) is 0.121. The van der Waals surface area contributed by atoms with E-state index in [1.807, 2.05) is 37.8 Å². The molecular formula is C27H27NO2Se. The first-order chi connectivity index (χ1) is 14.8. The predicted molar refractivity (Wildman–Crippen MR) is 127 cm³/mol. The van der Waals surface area contributed by atoms with Gasteiger partial charge < -0.3 is 0 Å². The molecule has 1 amide bonds. The van der Waals surface area contributed by atoms with Gasteiger partial charge in [0.2, 0.25) is 0 Å². The van der Waals surface area contributed by atoms with Gasteiger partial charge in [0, 0.05) is 0 Å². The van der Waals surface area contributed by atoms with E-state index in [1.54, 1.807) is 0 Å². The summed E-state index contributed by atoms with van der Waals surface area (Å²) in [6, 6.07) is 16.8. The van der Waals surface area contributed by atoms with Crippen LogP contribution in [0, 0.1) is 13.8 Å². The Balaban J connectivity index is 1.99. The summed E-state index contributed by atoms with van der Waals surface area (Å²) in [6.45, 7) is 10.4. The monoisotopic (exact) mass is 477 g/mol. The van der Waals surface area contributed by atoms with E-state index in [0.717, 1.165) is 15.6 Å². The number of Topliss-reactive ketones (excluding diaryl/α,β-unsaturated/α-hetero) is 1. The number of hydrogen-bond acceptors (Lipinski definition) is 2. The number of benzene rings is 2. The standard InChI is InChI=1S/C27H27NO2Se/c1-6-28-26(30)25(31-22-13-9-18(3)10-14-22)23(21-11-7-17(2)8-12-21)27(28)15-19(4)24(29)20(5)16-27/h7-16H,6H2,1-5H3. The maximum absolute atomic E-state index is 13.8. The molecule has 0 radical (unpaired) electrons. The van der Waals surface area contributed by atoms with Crippen molar-refractivity contribution in [1.29, 1.82) is 0 Å². The Morgan fingerprint density at radius 1 is 0.806 bits per heavy atom. The van der Waals surface area contributed by atoms with Gasteiger partial charge in [0.15, 0.2) is 0 Å². The molecule has 0 saturated heterocycles. The zero-order valence-corrected chi connectivity index (χ0v) is 20.4. The number of rotatable bonds is 4. The molecule has 2 aromatic carbocycles. The molecular weight excluding hydrogens is 449 g/mol. The van der Waals surface area contributed by atoms with Crippen molar-refractivity contribution in [2.75, 3.05) is 6.54 Å². The number of amides is 1. The number of hydrogen-bond donors (Lipinski definition) is 0. The van der Waals surface area contributed by atoms with Crippen molar-refractivity contribution in [1.82, 2.24) is 4.90 Å². The van der Waals surface area contributed by atoms with E-state index in [1.165, 1.54) is 15.6 Å². The molecule has 3 nitrogen and oxygen atoms in total. The summed E-state index contributed by atoms with van der Waals surface area (Å²) in [7, 11) is 0. The van der Waals surface area contributed by atoms with Gasteiger partial charge in [-0.05, 0) is 0 Å². The molecule has 4 rings (SSSR count). The van der Waals surface area contributed by atoms with Crippen LogP contribution < -0.4 is 4.46 Å². The zero-order chi connectivity index (χ0) is 22.3. The van der Waals surface area contributed by atoms with Crippen LogP contribution in [0.25, 0.3) is 5.57 Å². The average Bonchev–Trinajstić information content (AvgIpc) is 2.95. The normalized spacial score (nSPS) is 18.0. The van der Waals surface area contributed by atoms with Gasteiger partial charge in [-0.1, -0.05) is 0 Å². The SMILES string of the molecule is CCN1C(=O)C([Se]c2ccc(C)cc2)=C(c2ccc(C)cc2)C12C=C(C)C(=O)C(C)=C2. The molecule has 0 N–H and O–H groups in total.